The molecule has 0 aromatic heterocycles. The zero-order chi connectivity index (χ0) is 0. The number of hydrogen-bond acceptors (Lipinski definition) is 0. The molecule has 0 unspecified atom stereocenters. The zero-order valence-corrected chi connectivity index (χ0v) is 3.92. The van der Waals surface area contributed by atoms with Crippen LogP contribution in [0.1, 0.15) is 0 Å². The summed E-state index contributed by atoms with van der Waals surface area (Å²) in [6, 6.07) is 0. The van der Waals surface area contributed by atoms with E-state index in [9.17, 15) is 0 Å². The summed E-state index contributed by atoms with van der Waals surface area (Å²) >= 11 is 0. The van der Waals surface area contributed by atoms with Gasteiger partial charge in [0.25, 0.3) is 0 Å². The normalized spacial score (nSPS) is 0. The Labute approximate surface area is 60.3 Å². The van der Waals surface area contributed by atoms with Crippen molar-refractivity contribution in [3.8, 4) is 0 Å². The van der Waals surface area contributed by atoms with Crippen LogP contribution in [0.5, 0.6) is 0 Å². The Morgan fingerprint density at radius 3 is 1.00 bits per heavy atom. The van der Waals surface area contributed by atoms with Crippen molar-refractivity contribution in [3.05, 3.63) is 0 Å². The minimum atomic E-state index is 0. The van der Waals surface area contributed by atoms with Crippen molar-refractivity contribution in [1.82, 2.24) is 0 Å². The SMILES string of the molecule is [BeH2].[Co].[Cu].[Ni]. The molecule has 34 valence electrons. The minimum Gasteiger partial charge on any atom is 0 e. The number of hydrogen-bond donors (Lipinski definition) is 0. The third-order valence-electron chi connectivity index (χ3n) is 0. The first kappa shape index (κ1) is 43.9. The van der Waals surface area contributed by atoms with E-state index in [1.54, 1.807) is 0 Å². The summed E-state index contributed by atoms with van der Waals surface area (Å²) in [6.07, 6.45) is 0. The zero-order valence-electron chi connectivity index (χ0n) is 0.951. The molecule has 0 aliphatic heterocycles. The molecule has 0 saturated heterocycles. The molecule has 0 fully saturated rings. The molecule has 4 heteroatoms. The Hall–Kier alpha value is 1.69. The van der Waals surface area contributed by atoms with Gasteiger partial charge in [0.15, 0.2) is 0 Å². The van der Waals surface area contributed by atoms with Crippen LogP contribution in [0.4, 0.5) is 0 Å². The molecule has 0 aromatic rings. The maximum absolute atomic E-state index is 0. The summed E-state index contributed by atoms with van der Waals surface area (Å²) in [4.78, 5) is 0. The first-order chi connectivity index (χ1) is 0. The Bertz CT molecular complexity index is 8.00. The summed E-state index contributed by atoms with van der Waals surface area (Å²) in [5.74, 6) is 0. The average molecular weight is 192 g/mol. The van der Waals surface area contributed by atoms with Crippen LogP contribution >= 0.6 is 0 Å². The molecule has 0 N–H and O–H groups in total. The summed E-state index contributed by atoms with van der Waals surface area (Å²) in [5.41, 5.74) is 0. The van der Waals surface area contributed by atoms with Gasteiger partial charge in [-0.1, -0.05) is 0 Å². The van der Waals surface area contributed by atoms with Crippen molar-refractivity contribution in [1.29, 1.82) is 0 Å². The second-order valence-electron chi connectivity index (χ2n) is 0. The van der Waals surface area contributed by atoms with E-state index >= 15 is 0 Å². The molecule has 0 aromatic carbocycles. The first-order valence-electron chi connectivity index (χ1n) is 0. The van der Waals surface area contributed by atoms with E-state index in [0.717, 1.165) is 0 Å². The minimum absolute atomic E-state index is 0. The van der Waals surface area contributed by atoms with Gasteiger partial charge in [0, 0.05) is 50.3 Å². The second-order valence-corrected chi connectivity index (χ2v) is 0. The van der Waals surface area contributed by atoms with Crippen LogP contribution in [0.2, 0.25) is 0 Å². The van der Waals surface area contributed by atoms with E-state index in [4.69, 9.17) is 0 Å². The van der Waals surface area contributed by atoms with Gasteiger partial charge in [-0.25, -0.2) is 0 Å². The molecule has 0 atom stereocenters. The molecule has 2 radical (unpaired) electrons. The van der Waals surface area contributed by atoms with Gasteiger partial charge >= 0.3 is 10.1 Å². The predicted octanol–water partition coefficient (Wildman–Crippen LogP) is -0.924. The van der Waals surface area contributed by atoms with Gasteiger partial charge < -0.3 is 0 Å². The molecule has 0 aliphatic carbocycles. The van der Waals surface area contributed by atoms with Crippen molar-refractivity contribution in [2.75, 3.05) is 0 Å². The maximum atomic E-state index is 0. The maximum Gasteiger partial charge on any atom is 0 e. The van der Waals surface area contributed by atoms with Crippen molar-refractivity contribution in [2.45, 2.75) is 0 Å². The monoisotopic (exact) mass is 191 g/mol. The molecule has 0 rings (SSSR count). The molecule has 0 amide bonds. The Kier molecular flexibility index (Phi) is 245. The van der Waals surface area contributed by atoms with E-state index in [1.807, 2.05) is 0 Å². The quantitative estimate of drug-likeness (QED) is 0.435. The molecular weight excluding hydrogens is 190 g/mol. The Morgan fingerprint density at radius 2 is 1.00 bits per heavy atom. The molecule has 0 bridgehead atoms. The topological polar surface area (TPSA) is 0 Å². The van der Waals surface area contributed by atoms with Crippen molar-refractivity contribution in [3.63, 3.8) is 0 Å². The fourth-order valence-electron chi connectivity index (χ4n) is 0. The van der Waals surface area contributed by atoms with Gasteiger partial charge in [-0.05, 0) is 0 Å². The second kappa shape index (κ2) is 22.4. The van der Waals surface area contributed by atoms with Crippen molar-refractivity contribution >= 4 is 10.1 Å². The third-order valence-corrected chi connectivity index (χ3v) is 0. The Morgan fingerprint density at radius 1 is 1.00 bits per heavy atom. The fourth-order valence-corrected chi connectivity index (χ4v) is 0. The Balaban J connectivity index is 0. The van der Waals surface area contributed by atoms with Crippen molar-refractivity contribution in [2.24, 2.45) is 0 Å². The molecule has 0 heterocycles. The largest absolute Gasteiger partial charge is 0 e. The fraction of sp³-hybridized carbons (Fsp3) is 0. The predicted molar refractivity (Wildman–Crippen MR) is 8.54 cm³/mol. The van der Waals surface area contributed by atoms with E-state index < -0.39 is 0 Å². The van der Waals surface area contributed by atoms with Crippen LogP contribution in [0.15, 0.2) is 0 Å². The van der Waals surface area contributed by atoms with E-state index in [1.165, 1.54) is 0 Å². The standard InChI is InChI=1S/Be.Co.Cu.Ni.2H. The molecule has 0 saturated carbocycles. The van der Waals surface area contributed by atoms with Crippen LogP contribution in [0.3, 0.4) is 0 Å². The van der Waals surface area contributed by atoms with Crippen LogP contribution in [-0.4, -0.2) is 10.1 Å². The van der Waals surface area contributed by atoms with Crippen LogP contribution in [-0.2, 0) is 50.3 Å². The van der Waals surface area contributed by atoms with Crippen LogP contribution in [0.25, 0.3) is 0 Å². The van der Waals surface area contributed by atoms with Gasteiger partial charge in [-0.15, -0.1) is 0 Å². The van der Waals surface area contributed by atoms with E-state index in [2.05, 4.69) is 0 Å². The van der Waals surface area contributed by atoms with Gasteiger partial charge in [0.2, 0.25) is 0 Å². The average Bonchev–Trinajstić information content (AvgIpc) is 0. The molecule has 0 aliphatic rings. The van der Waals surface area contributed by atoms with E-state index in [-0.39, 0.29) is 60.5 Å². The first-order valence-corrected chi connectivity index (χ1v) is 0. The van der Waals surface area contributed by atoms with Gasteiger partial charge in [-0.2, -0.15) is 0 Å². The summed E-state index contributed by atoms with van der Waals surface area (Å²) in [7, 11) is 0. The molecule has 0 nitrogen and oxygen atoms in total. The summed E-state index contributed by atoms with van der Waals surface area (Å²) in [6.45, 7) is 0. The smallest absolute Gasteiger partial charge is 0 e. The van der Waals surface area contributed by atoms with Crippen molar-refractivity contribution < 1.29 is 50.3 Å². The van der Waals surface area contributed by atoms with Gasteiger partial charge in [0.05, 0.1) is 0 Å². The molecular formula is H2BeCoCuNi. The summed E-state index contributed by atoms with van der Waals surface area (Å²) in [5, 5.41) is 0. The van der Waals surface area contributed by atoms with Crippen LogP contribution < -0.4 is 0 Å². The number of rotatable bonds is 0. The van der Waals surface area contributed by atoms with Gasteiger partial charge in [-0.3, -0.25) is 0 Å². The molecule has 4 heavy (non-hydrogen) atoms. The van der Waals surface area contributed by atoms with Gasteiger partial charge in [0.1, 0.15) is 0 Å². The molecule has 0 spiro atoms. The third kappa shape index (κ3) is 9.35. The summed E-state index contributed by atoms with van der Waals surface area (Å²) < 4.78 is 0. The van der Waals surface area contributed by atoms with E-state index in [0.29, 0.717) is 0 Å². The van der Waals surface area contributed by atoms with Crippen LogP contribution in [0, 0.1) is 0 Å².